The first kappa shape index (κ1) is 17.0. The van der Waals surface area contributed by atoms with E-state index in [2.05, 4.69) is 10.6 Å². The SMILES string of the molecule is CC(C)NC(=O)c1ccc(NC(=O)[C@@H]2CC[C@H](C(=O)O)O2)cc1. The average Bonchev–Trinajstić information content (AvgIpc) is 2.97. The number of nitrogens with one attached hydrogen (secondary N) is 2. The third kappa shape index (κ3) is 4.53. The van der Waals surface area contributed by atoms with Crippen LogP contribution in [0.25, 0.3) is 0 Å². The third-order valence-electron chi connectivity index (χ3n) is 3.42. The van der Waals surface area contributed by atoms with Gasteiger partial charge in [-0.25, -0.2) is 4.79 Å². The molecule has 1 heterocycles. The molecule has 124 valence electrons. The standard InChI is InChI=1S/C16H20N2O5/c1-9(2)17-14(19)10-3-5-11(6-4-10)18-15(20)12-7-8-13(23-12)16(21)22/h3-6,9,12-13H,7-8H2,1-2H3,(H,17,19)(H,18,20)(H,21,22)/t12-,13+/m0/s1. The van der Waals surface area contributed by atoms with E-state index in [9.17, 15) is 14.4 Å². The summed E-state index contributed by atoms with van der Waals surface area (Å²) in [4.78, 5) is 34.7. The van der Waals surface area contributed by atoms with Crippen LogP contribution in [-0.2, 0) is 14.3 Å². The third-order valence-corrected chi connectivity index (χ3v) is 3.42. The van der Waals surface area contributed by atoms with Gasteiger partial charge in [-0.15, -0.1) is 0 Å². The smallest absolute Gasteiger partial charge is 0.332 e. The number of hydrogen-bond acceptors (Lipinski definition) is 4. The molecule has 7 heteroatoms. The molecule has 1 aliphatic rings. The molecule has 2 amide bonds. The molecule has 1 saturated heterocycles. The second-order valence-electron chi connectivity index (χ2n) is 5.72. The Morgan fingerprint density at radius 2 is 1.74 bits per heavy atom. The Kier molecular flexibility index (Phi) is 5.33. The topological polar surface area (TPSA) is 105 Å². The summed E-state index contributed by atoms with van der Waals surface area (Å²) in [5.74, 6) is -1.62. The lowest BCUT2D eigenvalue weighted by Gasteiger charge is -2.12. The summed E-state index contributed by atoms with van der Waals surface area (Å²) in [7, 11) is 0. The normalized spacial score (nSPS) is 20.3. The van der Waals surface area contributed by atoms with Crippen LogP contribution in [0.1, 0.15) is 37.0 Å². The van der Waals surface area contributed by atoms with Crippen molar-refractivity contribution in [2.24, 2.45) is 0 Å². The Hall–Kier alpha value is -2.41. The van der Waals surface area contributed by atoms with Crippen LogP contribution in [0, 0.1) is 0 Å². The first-order valence-corrected chi connectivity index (χ1v) is 7.47. The zero-order chi connectivity index (χ0) is 17.0. The van der Waals surface area contributed by atoms with Crippen LogP contribution in [0.15, 0.2) is 24.3 Å². The fourth-order valence-corrected chi connectivity index (χ4v) is 2.28. The molecule has 7 nitrogen and oxygen atoms in total. The summed E-state index contributed by atoms with van der Waals surface area (Å²) < 4.78 is 5.19. The molecule has 1 fully saturated rings. The van der Waals surface area contributed by atoms with Gasteiger partial charge in [-0.3, -0.25) is 9.59 Å². The molecular weight excluding hydrogens is 300 g/mol. The lowest BCUT2D eigenvalue weighted by molar-refractivity contribution is -0.150. The van der Waals surface area contributed by atoms with Gasteiger partial charge in [0.05, 0.1) is 0 Å². The van der Waals surface area contributed by atoms with Gasteiger partial charge in [0.2, 0.25) is 0 Å². The molecule has 0 aromatic heterocycles. The van der Waals surface area contributed by atoms with Crippen LogP contribution in [0.4, 0.5) is 5.69 Å². The highest BCUT2D eigenvalue weighted by molar-refractivity contribution is 5.97. The van der Waals surface area contributed by atoms with Crippen molar-refractivity contribution in [1.82, 2.24) is 5.32 Å². The van der Waals surface area contributed by atoms with Gasteiger partial charge in [-0.2, -0.15) is 0 Å². The largest absolute Gasteiger partial charge is 0.479 e. The quantitative estimate of drug-likeness (QED) is 0.760. The maximum atomic E-state index is 12.0. The molecular formula is C16H20N2O5. The second kappa shape index (κ2) is 7.23. The van der Waals surface area contributed by atoms with Gasteiger partial charge in [-0.1, -0.05) is 0 Å². The minimum Gasteiger partial charge on any atom is -0.479 e. The van der Waals surface area contributed by atoms with E-state index in [1.54, 1.807) is 24.3 Å². The van der Waals surface area contributed by atoms with Gasteiger partial charge in [0.1, 0.15) is 6.10 Å². The molecule has 0 radical (unpaired) electrons. The Morgan fingerprint density at radius 3 is 2.26 bits per heavy atom. The van der Waals surface area contributed by atoms with Gasteiger partial charge in [-0.05, 0) is 51.0 Å². The zero-order valence-corrected chi connectivity index (χ0v) is 13.0. The van der Waals surface area contributed by atoms with E-state index >= 15 is 0 Å². The Bertz CT molecular complexity index is 597. The fraction of sp³-hybridized carbons (Fsp3) is 0.438. The summed E-state index contributed by atoms with van der Waals surface area (Å²) in [5, 5.41) is 14.3. The minimum absolute atomic E-state index is 0.0450. The molecule has 2 atom stereocenters. The van der Waals surface area contributed by atoms with Crippen molar-refractivity contribution in [3.05, 3.63) is 29.8 Å². The summed E-state index contributed by atoms with van der Waals surface area (Å²) in [6.45, 7) is 3.75. The van der Waals surface area contributed by atoms with Crippen molar-refractivity contribution in [3.63, 3.8) is 0 Å². The number of rotatable bonds is 5. The van der Waals surface area contributed by atoms with Gasteiger partial charge >= 0.3 is 5.97 Å². The number of benzene rings is 1. The molecule has 0 unspecified atom stereocenters. The van der Waals surface area contributed by atoms with Crippen LogP contribution < -0.4 is 10.6 Å². The van der Waals surface area contributed by atoms with Crippen LogP contribution in [0.2, 0.25) is 0 Å². The molecule has 0 bridgehead atoms. The maximum absolute atomic E-state index is 12.0. The predicted octanol–water partition coefficient (Wildman–Crippen LogP) is 1.40. The molecule has 3 N–H and O–H groups in total. The van der Waals surface area contributed by atoms with E-state index in [1.165, 1.54) is 0 Å². The van der Waals surface area contributed by atoms with Crippen molar-refractivity contribution >= 4 is 23.5 Å². The molecule has 1 aromatic carbocycles. The number of carbonyl (C=O) groups excluding carboxylic acids is 2. The number of hydrogen-bond donors (Lipinski definition) is 3. The molecule has 23 heavy (non-hydrogen) atoms. The van der Waals surface area contributed by atoms with E-state index in [1.807, 2.05) is 13.8 Å². The number of carbonyl (C=O) groups is 3. The van der Waals surface area contributed by atoms with Crippen molar-refractivity contribution in [2.75, 3.05) is 5.32 Å². The summed E-state index contributed by atoms with van der Waals surface area (Å²) in [5.41, 5.74) is 1.03. The highest BCUT2D eigenvalue weighted by atomic mass is 16.5. The van der Waals surface area contributed by atoms with E-state index in [0.29, 0.717) is 24.1 Å². The first-order chi connectivity index (χ1) is 10.9. The molecule has 0 saturated carbocycles. The fourth-order valence-electron chi connectivity index (χ4n) is 2.28. The number of amides is 2. The number of anilines is 1. The van der Waals surface area contributed by atoms with Crippen molar-refractivity contribution in [2.45, 2.75) is 44.9 Å². The van der Waals surface area contributed by atoms with E-state index in [-0.39, 0.29) is 17.9 Å². The monoisotopic (exact) mass is 320 g/mol. The van der Waals surface area contributed by atoms with Crippen LogP contribution in [-0.4, -0.2) is 41.1 Å². The molecule has 0 aliphatic carbocycles. The minimum atomic E-state index is -1.05. The summed E-state index contributed by atoms with van der Waals surface area (Å²) >= 11 is 0. The molecule has 1 aliphatic heterocycles. The lowest BCUT2D eigenvalue weighted by Crippen LogP contribution is -2.30. The van der Waals surface area contributed by atoms with Crippen molar-refractivity contribution in [1.29, 1.82) is 0 Å². The van der Waals surface area contributed by atoms with Crippen LogP contribution in [0.3, 0.4) is 0 Å². The molecule has 2 rings (SSSR count). The molecule has 1 aromatic rings. The Labute approximate surface area is 134 Å². The highest BCUT2D eigenvalue weighted by Crippen LogP contribution is 2.21. The van der Waals surface area contributed by atoms with E-state index in [4.69, 9.17) is 9.84 Å². The van der Waals surface area contributed by atoms with Crippen molar-refractivity contribution in [3.8, 4) is 0 Å². The summed E-state index contributed by atoms with van der Waals surface area (Å²) in [6.07, 6.45) is -0.993. The van der Waals surface area contributed by atoms with Crippen LogP contribution in [0.5, 0.6) is 0 Å². The summed E-state index contributed by atoms with van der Waals surface area (Å²) in [6, 6.07) is 6.52. The van der Waals surface area contributed by atoms with Crippen LogP contribution >= 0.6 is 0 Å². The number of carboxylic acids is 1. The Balaban J connectivity index is 1.92. The predicted molar refractivity (Wildman–Crippen MR) is 83.2 cm³/mol. The average molecular weight is 320 g/mol. The van der Waals surface area contributed by atoms with Gasteiger partial charge in [0.25, 0.3) is 11.8 Å². The highest BCUT2D eigenvalue weighted by Gasteiger charge is 2.34. The number of ether oxygens (including phenoxy) is 1. The second-order valence-corrected chi connectivity index (χ2v) is 5.72. The zero-order valence-electron chi connectivity index (χ0n) is 13.0. The lowest BCUT2D eigenvalue weighted by atomic mass is 10.1. The number of carboxylic acid groups (broad SMARTS) is 1. The van der Waals surface area contributed by atoms with E-state index in [0.717, 1.165) is 0 Å². The first-order valence-electron chi connectivity index (χ1n) is 7.47. The van der Waals surface area contributed by atoms with E-state index < -0.39 is 18.2 Å². The van der Waals surface area contributed by atoms with Gasteiger partial charge in [0, 0.05) is 17.3 Å². The Morgan fingerprint density at radius 1 is 1.13 bits per heavy atom. The van der Waals surface area contributed by atoms with Crippen molar-refractivity contribution < 1.29 is 24.2 Å². The van der Waals surface area contributed by atoms with Gasteiger partial charge in [0.15, 0.2) is 6.10 Å². The maximum Gasteiger partial charge on any atom is 0.332 e. The number of aliphatic carboxylic acids is 1. The molecule has 0 spiro atoms. The van der Waals surface area contributed by atoms with Gasteiger partial charge < -0.3 is 20.5 Å².